The van der Waals surface area contributed by atoms with Gasteiger partial charge in [-0.05, 0) is 42.8 Å². The van der Waals surface area contributed by atoms with Crippen LogP contribution < -0.4 is 15.9 Å². The number of nitrogens with zero attached hydrogens (tertiary/aromatic N) is 1. The van der Waals surface area contributed by atoms with Gasteiger partial charge >= 0.3 is 18.0 Å². The third kappa shape index (κ3) is 4.26. The number of carboxylic acid groups (broad SMARTS) is 2. The highest BCUT2D eigenvalue weighted by molar-refractivity contribution is 6.34. The number of hydrogen-bond acceptors (Lipinski definition) is 5. The zero-order valence-corrected chi connectivity index (χ0v) is 17.6. The molecule has 3 N–H and O–H groups in total. The Morgan fingerprint density at radius 3 is 2.42 bits per heavy atom. The SMILES string of the molecule is CCOC(=O)Nc1ccc(C2(C(=O)O)N=c3cc(Cl)cc(Cl)c3=C2C=CC(=O)O)cc1. The van der Waals surface area contributed by atoms with Crippen molar-refractivity contribution in [2.24, 2.45) is 4.99 Å². The molecule has 0 aliphatic carbocycles. The average Bonchev–Trinajstić information content (AvgIpc) is 3.02. The predicted octanol–water partition coefficient (Wildman–Crippen LogP) is 2.97. The summed E-state index contributed by atoms with van der Waals surface area (Å²) in [6.45, 7) is 1.86. The topological polar surface area (TPSA) is 125 Å². The van der Waals surface area contributed by atoms with Gasteiger partial charge in [-0.2, -0.15) is 0 Å². The molecule has 10 heteroatoms. The Kier molecular flexibility index (Phi) is 6.33. The van der Waals surface area contributed by atoms with Gasteiger partial charge in [-0.25, -0.2) is 14.4 Å². The van der Waals surface area contributed by atoms with E-state index in [2.05, 4.69) is 10.3 Å². The number of hydrogen-bond donors (Lipinski definition) is 3. The minimum atomic E-state index is -1.97. The number of halogens is 2. The van der Waals surface area contributed by atoms with E-state index in [0.29, 0.717) is 5.69 Å². The lowest BCUT2D eigenvalue weighted by molar-refractivity contribution is -0.141. The molecule has 1 heterocycles. The van der Waals surface area contributed by atoms with E-state index in [1.807, 2.05) is 0 Å². The first kappa shape index (κ1) is 22.3. The second kappa shape index (κ2) is 8.79. The van der Waals surface area contributed by atoms with Crippen LogP contribution in [0.5, 0.6) is 0 Å². The Balaban J connectivity index is 2.22. The summed E-state index contributed by atoms with van der Waals surface area (Å²) in [7, 11) is 0. The summed E-state index contributed by atoms with van der Waals surface area (Å²) < 4.78 is 4.81. The van der Waals surface area contributed by atoms with Gasteiger partial charge in [0.1, 0.15) is 0 Å². The van der Waals surface area contributed by atoms with Gasteiger partial charge in [0.2, 0.25) is 5.54 Å². The largest absolute Gasteiger partial charge is 0.479 e. The molecule has 2 aromatic carbocycles. The summed E-state index contributed by atoms with van der Waals surface area (Å²) in [5.74, 6) is -2.61. The van der Waals surface area contributed by atoms with Crippen molar-refractivity contribution < 1.29 is 29.3 Å². The standard InChI is InChI=1S/C21H16Cl2N2O6/c1-2-31-20(30)24-13-5-3-11(4-6-13)21(19(28)29)14(7-8-17(26)27)18-15(23)9-12(22)10-16(18)25-21/h3-10H,2H2,1H3,(H,24,30)(H,26,27)(H,28,29). The molecule has 1 aliphatic heterocycles. The van der Waals surface area contributed by atoms with Crippen molar-refractivity contribution in [3.63, 3.8) is 0 Å². The van der Waals surface area contributed by atoms with Crippen LogP contribution in [0.15, 0.2) is 53.5 Å². The van der Waals surface area contributed by atoms with Crippen molar-refractivity contribution in [2.75, 3.05) is 11.9 Å². The quantitative estimate of drug-likeness (QED) is 0.566. The molecule has 1 unspecified atom stereocenters. The number of ether oxygens (including phenoxy) is 1. The van der Waals surface area contributed by atoms with Crippen LogP contribution in [-0.2, 0) is 19.9 Å². The first-order valence-corrected chi connectivity index (χ1v) is 9.73. The lowest BCUT2D eigenvalue weighted by Gasteiger charge is -2.25. The van der Waals surface area contributed by atoms with Crippen molar-refractivity contribution in [3.05, 3.63) is 74.7 Å². The first-order valence-electron chi connectivity index (χ1n) is 8.97. The van der Waals surface area contributed by atoms with Crippen LogP contribution in [0, 0.1) is 0 Å². The molecule has 0 aromatic heterocycles. The number of nitrogens with one attached hydrogen (secondary N) is 1. The number of carbonyl (C=O) groups is 3. The molecule has 3 rings (SSSR count). The molecule has 0 spiro atoms. The van der Waals surface area contributed by atoms with E-state index in [-0.39, 0.29) is 38.4 Å². The van der Waals surface area contributed by atoms with E-state index in [1.165, 1.54) is 36.4 Å². The second-order valence-corrected chi connectivity index (χ2v) is 7.26. The number of anilines is 1. The summed E-state index contributed by atoms with van der Waals surface area (Å²) in [5, 5.41) is 22.7. The highest BCUT2D eigenvalue weighted by Gasteiger charge is 2.46. The molecule has 0 fully saturated rings. The lowest BCUT2D eigenvalue weighted by Crippen LogP contribution is -2.34. The van der Waals surface area contributed by atoms with Crippen LogP contribution in [0.2, 0.25) is 10.0 Å². The third-order valence-electron chi connectivity index (χ3n) is 4.51. The van der Waals surface area contributed by atoms with Crippen LogP contribution in [0.1, 0.15) is 12.5 Å². The van der Waals surface area contributed by atoms with E-state index in [0.717, 1.165) is 12.2 Å². The van der Waals surface area contributed by atoms with Crippen molar-refractivity contribution in [3.8, 4) is 0 Å². The van der Waals surface area contributed by atoms with Crippen LogP contribution in [-0.4, -0.2) is 34.9 Å². The molecule has 0 radical (unpaired) electrons. The predicted molar refractivity (Wildman–Crippen MR) is 114 cm³/mol. The molecule has 1 amide bonds. The molecular formula is C21H16Cl2N2O6. The Morgan fingerprint density at radius 2 is 1.84 bits per heavy atom. The number of carboxylic acids is 2. The molecule has 31 heavy (non-hydrogen) atoms. The Labute approximate surface area is 186 Å². The lowest BCUT2D eigenvalue weighted by atomic mass is 9.83. The van der Waals surface area contributed by atoms with E-state index < -0.39 is 23.6 Å². The molecule has 1 aliphatic rings. The van der Waals surface area contributed by atoms with Crippen molar-refractivity contribution in [1.29, 1.82) is 0 Å². The Hall–Kier alpha value is -3.36. The smallest absolute Gasteiger partial charge is 0.411 e. The van der Waals surface area contributed by atoms with Crippen LogP contribution >= 0.6 is 23.2 Å². The van der Waals surface area contributed by atoms with Crippen molar-refractivity contribution in [1.82, 2.24) is 0 Å². The van der Waals surface area contributed by atoms with Crippen LogP contribution in [0.3, 0.4) is 0 Å². The molecule has 0 saturated heterocycles. The number of benzene rings is 2. The summed E-state index contributed by atoms with van der Waals surface area (Å²) in [4.78, 5) is 39.7. The molecule has 2 aromatic rings. The second-order valence-electron chi connectivity index (χ2n) is 6.42. The normalized spacial score (nSPS) is 17.2. The van der Waals surface area contributed by atoms with Gasteiger partial charge in [0.25, 0.3) is 0 Å². The van der Waals surface area contributed by atoms with Gasteiger partial charge in [0, 0.05) is 27.6 Å². The number of amides is 1. The van der Waals surface area contributed by atoms with Crippen molar-refractivity contribution >= 4 is 52.5 Å². The highest BCUT2D eigenvalue weighted by atomic mass is 35.5. The number of aliphatic carboxylic acids is 2. The van der Waals surface area contributed by atoms with Crippen molar-refractivity contribution in [2.45, 2.75) is 12.5 Å². The average molecular weight is 463 g/mol. The minimum absolute atomic E-state index is 0.0742. The summed E-state index contributed by atoms with van der Waals surface area (Å²) in [6, 6.07) is 8.80. The molecule has 8 nitrogen and oxygen atoms in total. The maximum atomic E-state index is 12.5. The monoisotopic (exact) mass is 462 g/mol. The molecular weight excluding hydrogens is 447 g/mol. The van der Waals surface area contributed by atoms with Crippen LogP contribution in [0.4, 0.5) is 10.5 Å². The number of fused-ring (bicyclic) bond motifs is 1. The van der Waals surface area contributed by atoms with Gasteiger partial charge in [-0.1, -0.05) is 35.3 Å². The fourth-order valence-corrected chi connectivity index (χ4v) is 3.87. The van der Waals surface area contributed by atoms with Gasteiger partial charge < -0.3 is 14.9 Å². The highest BCUT2D eigenvalue weighted by Crippen LogP contribution is 2.38. The molecule has 1 atom stereocenters. The van der Waals surface area contributed by atoms with Gasteiger partial charge in [-0.3, -0.25) is 10.3 Å². The summed E-state index contributed by atoms with van der Waals surface area (Å²) in [6.07, 6.45) is 1.33. The number of carbonyl (C=O) groups excluding carboxylic acids is 1. The van der Waals surface area contributed by atoms with Gasteiger partial charge in [0.05, 0.1) is 17.0 Å². The first-order chi connectivity index (χ1) is 14.7. The minimum Gasteiger partial charge on any atom is -0.479 e. The van der Waals surface area contributed by atoms with Gasteiger partial charge in [0.15, 0.2) is 0 Å². The van der Waals surface area contributed by atoms with E-state index >= 15 is 0 Å². The third-order valence-corrected chi connectivity index (χ3v) is 5.02. The van der Waals surface area contributed by atoms with Crippen LogP contribution in [0.25, 0.3) is 5.57 Å². The summed E-state index contributed by atoms with van der Waals surface area (Å²) >= 11 is 12.4. The zero-order chi connectivity index (χ0) is 22.8. The Bertz CT molecular complexity index is 1220. The Morgan fingerprint density at radius 1 is 1.16 bits per heavy atom. The van der Waals surface area contributed by atoms with Gasteiger partial charge in [-0.15, -0.1) is 0 Å². The maximum Gasteiger partial charge on any atom is 0.411 e. The fourth-order valence-electron chi connectivity index (χ4n) is 3.28. The summed E-state index contributed by atoms with van der Waals surface area (Å²) in [5.41, 5.74) is -1.29. The van der Waals surface area contributed by atoms with E-state index in [1.54, 1.807) is 6.92 Å². The van der Waals surface area contributed by atoms with E-state index in [4.69, 9.17) is 33.0 Å². The fraction of sp³-hybridized carbons (Fsp3) is 0.143. The molecule has 0 saturated carbocycles. The zero-order valence-electron chi connectivity index (χ0n) is 16.1. The van der Waals surface area contributed by atoms with E-state index in [9.17, 15) is 19.5 Å². The molecule has 160 valence electrons. The molecule has 0 bridgehead atoms. The maximum absolute atomic E-state index is 12.5. The number of rotatable bonds is 6.